The van der Waals surface area contributed by atoms with Crippen LogP contribution >= 0.6 is 0 Å². The predicted molar refractivity (Wildman–Crippen MR) is 133 cm³/mol. The number of piperazine rings is 1. The standard InChI is InChI=1S/C27H30N6O/c1-3-23-24(21-12-8-5-9-13-21)25-22(18-28-27(29-25)32-16-14-31(2)15-17-32)26(34)33(30-23)19-20-10-6-4-7-11-20/h3-13,18,23-24,30H,1,14-17,19H2,2H3/t23-,24?/m0/s1. The van der Waals surface area contributed by atoms with E-state index >= 15 is 0 Å². The van der Waals surface area contributed by atoms with Gasteiger partial charge in [0, 0.05) is 38.3 Å². The number of benzene rings is 2. The van der Waals surface area contributed by atoms with E-state index in [0.29, 0.717) is 18.1 Å². The highest BCUT2D eigenvalue weighted by molar-refractivity contribution is 5.95. The van der Waals surface area contributed by atoms with E-state index in [9.17, 15) is 4.79 Å². The van der Waals surface area contributed by atoms with Gasteiger partial charge in [0.1, 0.15) is 0 Å². The van der Waals surface area contributed by atoms with Crippen LogP contribution in [0.1, 0.15) is 33.1 Å². The molecule has 0 aliphatic carbocycles. The minimum Gasteiger partial charge on any atom is -0.338 e. The molecule has 0 bridgehead atoms. The number of aromatic nitrogens is 2. The van der Waals surface area contributed by atoms with E-state index in [1.807, 2.05) is 54.6 Å². The van der Waals surface area contributed by atoms with Crippen LogP contribution in [0, 0.1) is 0 Å². The van der Waals surface area contributed by atoms with E-state index in [0.717, 1.165) is 43.0 Å². The first kappa shape index (κ1) is 22.3. The zero-order valence-electron chi connectivity index (χ0n) is 19.5. The second-order valence-electron chi connectivity index (χ2n) is 8.92. The summed E-state index contributed by atoms with van der Waals surface area (Å²) < 4.78 is 0. The summed E-state index contributed by atoms with van der Waals surface area (Å²) in [7, 11) is 2.13. The number of hydrogen-bond donors (Lipinski definition) is 1. The molecule has 7 nitrogen and oxygen atoms in total. The molecule has 5 rings (SSSR count). The van der Waals surface area contributed by atoms with Crippen molar-refractivity contribution >= 4 is 11.9 Å². The fourth-order valence-electron chi connectivity index (χ4n) is 4.67. The third-order valence-corrected chi connectivity index (χ3v) is 6.62. The van der Waals surface area contributed by atoms with Crippen molar-refractivity contribution < 1.29 is 4.79 Å². The molecule has 2 aliphatic rings. The Kier molecular flexibility index (Phi) is 6.38. The monoisotopic (exact) mass is 454 g/mol. The van der Waals surface area contributed by atoms with Crippen molar-refractivity contribution in [1.29, 1.82) is 0 Å². The van der Waals surface area contributed by atoms with Crippen LogP contribution in [0.5, 0.6) is 0 Å². The van der Waals surface area contributed by atoms with Crippen LogP contribution in [0.15, 0.2) is 79.5 Å². The lowest BCUT2D eigenvalue weighted by atomic mass is 9.87. The summed E-state index contributed by atoms with van der Waals surface area (Å²) in [6.07, 6.45) is 3.58. The molecule has 0 radical (unpaired) electrons. The molecule has 3 heterocycles. The summed E-state index contributed by atoms with van der Waals surface area (Å²) in [5, 5.41) is 1.67. The maximum atomic E-state index is 13.7. The summed E-state index contributed by atoms with van der Waals surface area (Å²) >= 11 is 0. The SMILES string of the molecule is C=C[C@@H]1NN(Cc2ccccc2)C(=O)c2cnc(N3CCN(C)CC3)nc2C1c1ccccc1. The van der Waals surface area contributed by atoms with Gasteiger partial charge in [-0.15, -0.1) is 6.58 Å². The van der Waals surface area contributed by atoms with E-state index in [1.165, 1.54) is 0 Å². The number of nitrogens with zero attached hydrogens (tertiary/aromatic N) is 5. The fourth-order valence-corrected chi connectivity index (χ4v) is 4.67. The Hall–Kier alpha value is -3.55. The first-order chi connectivity index (χ1) is 16.6. The third-order valence-electron chi connectivity index (χ3n) is 6.62. The zero-order valence-corrected chi connectivity index (χ0v) is 19.5. The topological polar surface area (TPSA) is 64.6 Å². The minimum absolute atomic E-state index is 0.130. The summed E-state index contributed by atoms with van der Waals surface area (Å²) in [5.41, 5.74) is 6.84. The Morgan fingerprint density at radius 1 is 1.03 bits per heavy atom. The number of anilines is 1. The van der Waals surface area contributed by atoms with E-state index in [4.69, 9.17) is 4.98 Å². The smallest absolute Gasteiger partial charge is 0.271 e. The van der Waals surface area contributed by atoms with Gasteiger partial charge in [0.05, 0.1) is 23.8 Å². The Balaban J connectivity index is 1.59. The molecule has 1 N–H and O–H groups in total. The van der Waals surface area contributed by atoms with Gasteiger partial charge in [-0.25, -0.2) is 15.4 Å². The molecule has 1 saturated heterocycles. The van der Waals surface area contributed by atoms with Crippen molar-refractivity contribution in [3.05, 3.63) is 102 Å². The van der Waals surface area contributed by atoms with Gasteiger partial charge in [-0.3, -0.25) is 9.80 Å². The van der Waals surface area contributed by atoms with Crippen molar-refractivity contribution in [2.75, 3.05) is 38.1 Å². The summed E-state index contributed by atoms with van der Waals surface area (Å²) in [6.45, 7) is 8.19. The second kappa shape index (κ2) is 9.75. The van der Waals surface area contributed by atoms with Crippen LogP contribution in [0.2, 0.25) is 0 Å². The number of hydrogen-bond acceptors (Lipinski definition) is 6. The highest BCUT2D eigenvalue weighted by Crippen LogP contribution is 2.34. The van der Waals surface area contributed by atoms with Crippen molar-refractivity contribution in [3.8, 4) is 0 Å². The molecule has 174 valence electrons. The molecule has 1 unspecified atom stereocenters. The number of hydrazine groups is 1. The van der Waals surface area contributed by atoms with E-state index in [2.05, 4.69) is 46.0 Å². The molecule has 2 aliphatic heterocycles. The second-order valence-corrected chi connectivity index (χ2v) is 8.92. The lowest BCUT2D eigenvalue weighted by Gasteiger charge is -2.33. The lowest BCUT2D eigenvalue weighted by molar-refractivity contribution is 0.0626. The minimum atomic E-state index is -0.216. The molecule has 1 fully saturated rings. The number of likely N-dealkylation sites (N-methyl/N-ethyl adjacent to an activating group) is 1. The first-order valence-electron chi connectivity index (χ1n) is 11.7. The number of nitrogens with one attached hydrogen (secondary N) is 1. The summed E-state index contributed by atoms with van der Waals surface area (Å²) in [4.78, 5) is 27.9. The van der Waals surface area contributed by atoms with Gasteiger partial charge in [0.25, 0.3) is 5.91 Å². The Morgan fingerprint density at radius 2 is 1.71 bits per heavy atom. The van der Waals surface area contributed by atoms with Crippen LogP contribution in [-0.4, -0.2) is 65.1 Å². The molecule has 1 amide bonds. The normalized spacial score (nSPS) is 21.1. The van der Waals surface area contributed by atoms with Crippen molar-refractivity contribution in [3.63, 3.8) is 0 Å². The maximum absolute atomic E-state index is 13.7. The molecule has 1 aromatic heterocycles. The molecule has 0 spiro atoms. The number of carbonyl (C=O) groups is 1. The van der Waals surface area contributed by atoms with Gasteiger partial charge < -0.3 is 9.80 Å². The van der Waals surface area contributed by atoms with Crippen LogP contribution in [0.3, 0.4) is 0 Å². The molecule has 7 heteroatoms. The highest BCUT2D eigenvalue weighted by atomic mass is 16.2. The van der Waals surface area contributed by atoms with Gasteiger partial charge in [0.15, 0.2) is 0 Å². The lowest BCUT2D eigenvalue weighted by Crippen LogP contribution is -2.46. The first-order valence-corrected chi connectivity index (χ1v) is 11.7. The maximum Gasteiger partial charge on any atom is 0.271 e. The van der Waals surface area contributed by atoms with Gasteiger partial charge in [-0.2, -0.15) is 0 Å². The van der Waals surface area contributed by atoms with E-state index < -0.39 is 0 Å². The van der Waals surface area contributed by atoms with Crippen LogP contribution in [0.4, 0.5) is 5.95 Å². The van der Waals surface area contributed by atoms with Gasteiger partial charge in [0.2, 0.25) is 5.95 Å². The average molecular weight is 455 g/mol. The van der Waals surface area contributed by atoms with Crippen LogP contribution < -0.4 is 10.3 Å². The average Bonchev–Trinajstić information content (AvgIpc) is 2.99. The number of fused-ring (bicyclic) bond motifs is 1. The predicted octanol–water partition coefficient (Wildman–Crippen LogP) is 3.08. The van der Waals surface area contributed by atoms with E-state index in [-0.39, 0.29) is 17.9 Å². The Labute approximate surface area is 200 Å². The number of amides is 1. The van der Waals surface area contributed by atoms with Gasteiger partial charge in [-0.1, -0.05) is 66.7 Å². The summed E-state index contributed by atoms with van der Waals surface area (Å²) in [6, 6.07) is 20.0. The molecular formula is C27H30N6O. The van der Waals surface area contributed by atoms with Crippen molar-refractivity contribution in [1.82, 2.24) is 25.3 Å². The molecule has 34 heavy (non-hydrogen) atoms. The third kappa shape index (κ3) is 4.44. The molecule has 3 aromatic rings. The van der Waals surface area contributed by atoms with Crippen molar-refractivity contribution in [2.24, 2.45) is 0 Å². The largest absolute Gasteiger partial charge is 0.338 e. The van der Waals surface area contributed by atoms with Crippen LogP contribution in [0.25, 0.3) is 0 Å². The quantitative estimate of drug-likeness (QED) is 0.598. The molecule has 2 atom stereocenters. The van der Waals surface area contributed by atoms with E-state index in [1.54, 1.807) is 11.2 Å². The summed E-state index contributed by atoms with van der Waals surface area (Å²) in [5.74, 6) is 0.376. The number of carbonyl (C=O) groups excluding carboxylic acids is 1. The fraction of sp³-hybridized carbons (Fsp3) is 0.296. The highest BCUT2D eigenvalue weighted by Gasteiger charge is 2.36. The zero-order chi connectivity index (χ0) is 23.5. The Morgan fingerprint density at radius 3 is 2.38 bits per heavy atom. The molecule has 0 saturated carbocycles. The Bertz CT molecular complexity index is 1140. The van der Waals surface area contributed by atoms with Gasteiger partial charge >= 0.3 is 0 Å². The molecular weight excluding hydrogens is 424 g/mol. The van der Waals surface area contributed by atoms with Gasteiger partial charge in [-0.05, 0) is 18.2 Å². The molecule has 2 aromatic carbocycles. The van der Waals surface area contributed by atoms with Crippen LogP contribution in [-0.2, 0) is 6.54 Å². The van der Waals surface area contributed by atoms with Crippen molar-refractivity contribution in [2.45, 2.75) is 18.5 Å². The number of rotatable bonds is 5.